The summed E-state index contributed by atoms with van der Waals surface area (Å²) in [6, 6.07) is 0. The predicted molar refractivity (Wildman–Crippen MR) is 47.0 cm³/mol. The Hall–Kier alpha value is -0.560. The molecule has 0 aromatic carbocycles. The van der Waals surface area contributed by atoms with Gasteiger partial charge in [0, 0.05) is 5.92 Å². The van der Waals surface area contributed by atoms with Gasteiger partial charge in [-0.05, 0) is 6.92 Å². The molecule has 0 aromatic rings. The highest BCUT2D eigenvalue weighted by atomic mass is 16.3. The Labute approximate surface area is 68.4 Å². The lowest BCUT2D eigenvalue weighted by molar-refractivity contribution is 0.177. The second kappa shape index (κ2) is 3.22. The zero-order chi connectivity index (χ0) is 8.43. The molecular weight excluding hydrogens is 136 g/mol. The Morgan fingerprint density at radius 3 is 2.73 bits per heavy atom. The summed E-state index contributed by atoms with van der Waals surface area (Å²) in [5.74, 6) is 0.269. The van der Waals surface area contributed by atoms with Gasteiger partial charge in [-0.15, -0.1) is 0 Å². The van der Waals surface area contributed by atoms with Crippen molar-refractivity contribution in [1.29, 1.82) is 0 Å². The fourth-order valence-corrected chi connectivity index (χ4v) is 1.26. The minimum absolute atomic E-state index is 0.269. The number of allylic oxidation sites excluding steroid dienone is 2. The SMILES string of the molecule is [CH2-]CC1=CC(O)C(C)C(C)=C1. The van der Waals surface area contributed by atoms with Gasteiger partial charge in [-0.2, -0.15) is 6.42 Å². The van der Waals surface area contributed by atoms with Crippen LogP contribution in [0.4, 0.5) is 0 Å². The number of hydrogen-bond acceptors (Lipinski definition) is 1. The van der Waals surface area contributed by atoms with Crippen LogP contribution in [0, 0.1) is 12.8 Å². The van der Waals surface area contributed by atoms with Gasteiger partial charge in [0.25, 0.3) is 0 Å². The molecule has 0 bridgehead atoms. The van der Waals surface area contributed by atoms with Gasteiger partial charge in [-0.3, -0.25) is 0 Å². The van der Waals surface area contributed by atoms with Gasteiger partial charge >= 0.3 is 0 Å². The number of aliphatic hydroxyl groups excluding tert-OH is 1. The maximum Gasteiger partial charge on any atom is 0.0788 e. The van der Waals surface area contributed by atoms with Crippen LogP contribution in [0.15, 0.2) is 23.3 Å². The second-order valence-corrected chi connectivity index (χ2v) is 3.16. The summed E-state index contributed by atoms with van der Waals surface area (Å²) < 4.78 is 0. The van der Waals surface area contributed by atoms with Crippen LogP contribution in [0.2, 0.25) is 0 Å². The number of rotatable bonds is 1. The third-order valence-electron chi connectivity index (χ3n) is 2.32. The first-order chi connectivity index (χ1) is 5.15. The fraction of sp³-hybridized carbons (Fsp3) is 0.500. The molecule has 1 rings (SSSR count). The van der Waals surface area contributed by atoms with E-state index in [4.69, 9.17) is 0 Å². The molecule has 0 aromatic heterocycles. The van der Waals surface area contributed by atoms with Gasteiger partial charge in [0.1, 0.15) is 0 Å². The molecule has 0 amide bonds. The minimum atomic E-state index is -0.309. The molecule has 1 heteroatoms. The van der Waals surface area contributed by atoms with Crippen LogP contribution in [0.3, 0.4) is 0 Å². The molecule has 11 heavy (non-hydrogen) atoms. The average molecular weight is 151 g/mol. The van der Waals surface area contributed by atoms with E-state index in [1.807, 2.05) is 13.0 Å². The molecule has 62 valence electrons. The zero-order valence-corrected chi connectivity index (χ0v) is 7.17. The van der Waals surface area contributed by atoms with E-state index < -0.39 is 0 Å². The quantitative estimate of drug-likeness (QED) is 0.569. The van der Waals surface area contributed by atoms with Gasteiger partial charge in [0.2, 0.25) is 0 Å². The monoisotopic (exact) mass is 151 g/mol. The van der Waals surface area contributed by atoms with E-state index in [1.54, 1.807) is 0 Å². The first kappa shape index (κ1) is 8.54. The Morgan fingerprint density at radius 2 is 2.27 bits per heavy atom. The molecule has 1 aliphatic rings. The minimum Gasteiger partial charge on any atom is -0.388 e. The van der Waals surface area contributed by atoms with Gasteiger partial charge in [0.15, 0.2) is 0 Å². The van der Waals surface area contributed by atoms with Crippen LogP contribution in [0.5, 0.6) is 0 Å². The van der Waals surface area contributed by atoms with Crippen molar-refractivity contribution < 1.29 is 5.11 Å². The van der Waals surface area contributed by atoms with Crippen LogP contribution in [-0.2, 0) is 0 Å². The van der Waals surface area contributed by atoms with Gasteiger partial charge in [-0.1, -0.05) is 30.2 Å². The third-order valence-corrected chi connectivity index (χ3v) is 2.32. The molecule has 1 N–H and O–H groups in total. The Kier molecular flexibility index (Phi) is 2.50. The summed E-state index contributed by atoms with van der Waals surface area (Å²) in [4.78, 5) is 0. The highest BCUT2D eigenvalue weighted by Gasteiger charge is 2.16. The summed E-state index contributed by atoms with van der Waals surface area (Å²) in [5, 5.41) is 9.50. The van der Waals surface area contributed by atoms with Crippen molar-refractivity contribution in [2.75, 3.05) is 0 Å². The lowest BCUT2D eigenvalue weighted by Crippen LogP contribution is -2.19. The molecule has 2 unspecified atom stereocenters. The first-order valence-corrected chi connectivity index (χ1v) is 4.01. The van der Waals surface area contributed by atoms with Crippen molar-refractivity contribution in [2.45, 2.75) is 26.4 Å². The molecule has 1 aliphatic carbocycles. The Balaban J connectivity index is 2.82. The number of aliphatic hydroxyl groups is 1. The van der Waals surface area contributed by atoms with Crippen molar-refractivity contribution in [3.8, 4) is 0 Å². The second-order valence-electron chi connectivity index (χ2n) is 3.16. The lowest BCUT2D eigenvalue weighted by atomic mass is 9.88. The van der Waals surface area contributed by atoms with E-state index in [0.717, 1.165) is 12.0 Å². The smallest absolute Gasteiger partial charge is 0.0788 e. The largest absolute Gasteiger partial charge is 0.388 e. The predicted octanol–water partition coefficient (Wildman–Crippen LogP) is 2.09. The van der Waals surface area contributed by atoms with Crippen LogP contribution in [0.1, 0.15) is 20.3 Å². The summed E-state index contributed by atoms with van der Waals surface area (Å²) in [6.45, 7) is 7.87. The average Bonchev–Trinajstić information content (AvgIpc) is 1.99. The zero-order valence-electron chi connectivity index (χ0n) is 7.17. The van der Waals surface area contributed by atoms with Crippen molar-refractivity contribution in [2.24, 2.45) is 5.92 Å². The summed E-state index contributed by atoms with van der Waals surface area (Å²) in [7, 11) is 0. The Bertz CT molecular complexity index is 201. The highest BCUT2D eigenvalue weighted by molar-refractivity contribution is 5.31. The highest BCUT2D eigenvalue weighted by Crippen LogP contribution is 2.24. The molecule has 0 saturated carbocycles. The molecule has 1 nitrogen and oxygen atoms in total. The topological polar surface area (TPSA) is 20.2 Å². The fourth-order valence-electron chi connectivity index (χ4n) is 1.26. The molecular formula is C10H15O-. The number of hydrogen-bond donors (Lipinski definition) is 1. The standard InChI is InChI=1S/C10H15O/c1-4-9-5-7(2)8(3)10(11)6-9/h5-6,8,10-11H,1,4H2,2-3H3/q-1. The van der Waals surface area contributed by atoms with E-state index in [-0.39, 0.29) is 12.0 Å². The van der Waals surface area contributed by atoms with Crippen LogP contribution >= 0.6 is 0 Å². The van der Waals surface area contributed by atoms with Gasteiger partial charge in [-0.25, -0.2) is 0 Å². The molecule has 0 spiro atoms. The van der Waals surface area contributed by atoms with E-state index in [2.05, 4.69) is 19.9 Å². The van der Waals surface area contributed by atoms with E-state index in [9.17, 15) is 5.11 Å². The normalized spacial score (nSPS) is 31.3. The molecule has 2 atom stereocenters. The van der Waals surface area contributed by atoms with Crippen molar-refractivity contribution in [3.05, 3.63) is 30.2 Å². The maximum atomic E-state index is 9.50. The molecule has 0 radical (unpaired) electrons. The summed E-state index contributed by atoms with van der Waals surface area (Å²) in [6.07, 6.45) is 4.47. The van der Waals surface area contributed by atoms with Gasteiger partial charge < -0.3 is 12.0 Å². The summed E-state index contributed by atoms with van der Waals surface area (Å²) >= 11 is 0. The van der Waals surface area contributed by atoms with Crippen LogP contribution < -0.4 is 0 Å². The molecule has 0 fully saturated rings. The van der Waals surface area contributed by atoms with E-state index in [1.165, 1.54) is 5.57 Å². The maximum absolute atomic E-state index is 9.50. The van der Waals surface area contributed by atoms with E-state index in [0.29, 0.717) is 0 Å². The molecule has 0 saturated heterocycles. The van der Waals surface area contributed by atoms with Crippen molar-refractivity contribution >= 4 is 0 Å². The van der Waals surface area contributed by atoms with Crippen LogP contribution in [0.25, 0.3) is 0 Å². The summed E-state index contributed by atoms with van der Waals surface area (Å²) in [5.41, 5.74) is 2.40. The Morgan fingerprint density at radius 1 is 1.64 bits per heavy atom. The third kappa shape index (κ3) is 1.72. The molecule has 0 aliphatic heterocycles. The van der Waals surface area contributed by atoms with Crippen molar-refractivity contribution in [1.82, 2.24) is 0 Å². The first-order valence-electron chi connectivity index (χ1n) is 4.01. The molecule has 0 heterocycles. The van der Waals surface area contributed by atoms with Crippen LogP contribution in [-0.4, -0.2) is 11.2 Å². The van der Waals surface area contributed by atoms with Gasteiger partial charge in [0.05, 0.1) is 6.10 Å². The van der Waals surface area contributed by atoms with E-state index >= 15 is 0 Å². The van der Waals surface area contributed by atoms with Crippen molar-refractivity contribution in [3.63, 3.8) is 0 Å². The lowest BCUT2D eigenvalue weighted by Gasteiger charge is -2.23.